The maximum absolute atomic E-state index is 13.5. The van der Waals surface area contributed by atoms with Crippen LogP contribution in [0.15, 0.2) is 35.0 Å². The number of nitrogens with zero attached hydrogens (tertiary/aromatic N) is 6. The van der Waals surface area contributed by atoms with E-state index >= 15 is 0 Å². The van der Waals surface area contributed by atoms with Crippen LogP contribution in [-0.2, 0) is 16.8 Å². The summed E-state index contributed by atoms with van der Waals surface area (Å²) in [7, 11) is 0. The second-order valence-corrected chi connectivity index (χ2v) is 9.97. The Morgan fingerprint density at radius 3 is 2.43 bits per heavy atom. The molecule has 3 aromatic rings. The van der Waals surface area contributed by atoms with Gasteiger partial charge in [-0.15, -0.1) is 10.2 Å². The quantitative estimate of drug-likeness (QED) is 0.456. The first kappa shape index (κ1) is 25.1. The highest BCUT2D eigenvalue weighted by Crippen LogP contribution is 2.38. The molecule has 194 valence electrons. The van der Waals surface area contributed by atoms with Crippen LogP contribution in [0.1, 0.15) is 79.2 Å². The largest absolute Gasteiger partial charge is 0.415 e. The SMILES string of the molecule is CCN1CCC(c2ccc3c(c2)C(C)(C)C(=O)N(Cc2ncc(-c4nnc(C(F)F)o4)cn2)C3=O)CC1. The molecule has 2 amide bonds. The van der Waals surface area contributed by atoms with Crippen LogP contribution in [0.5, 0.6) is 0 Å². The van der Waals surface area contributed by atoms with Gasteiger partial charge in [0, 0.05) is 18.0 Å². The van der Waals surface area contributed by atoms with Crippen LogP contribution < -0.4 is 0 Å². The standard InChI is InChI=1S/C26H28F2N6O3/c1-4-33-9-7-15(8-10-33)16-5-6-18-19(11-16)26(2,3)25(36)34(24(18)35)14-20-29-12-17(13-30-20)22-31-32-23(37-22)21(27)28/h5-6,11-13,15,21H,4,7-10,14H2,1-3H3. The molecule has 0 spiro atoms. The maximum Gasteiger partial charge on any atom is 0.314 e. The minimum Gasteiger partial charge on any atom is -0.415 e. The van der Waals surface area contributed by atoms with E-state index in [1.807, 2.05) is 32.0 Å². The van der Waals surface area contributed by atoms with Crippen LogP contribution in [0, 0.1) is 0 Å². The minimum atomic E-state index is -2.88. The molecule has 2 aromatic heterocycles. The topological polar surface area (TPSA) is 105 Å². The number of fused-ring (bicyclic) bond motifs is 1. The van der Waals surface area contributed by atoms with Crippen LogP contribution >= 0.6 is 0 Å². The van der Waals surface area contributed by atoms with Gasteiger partial charge < -0.3 is 9.32 Å². The Morgan fingerprint density at radius 1 is 1.11 bits per heavy atom. The molecule has 9 nitrogen and oxygen atoms in total. The van der Waals surface area contributed by atoms with Gasteiger partial charge in [0.25, 0.3) is 17.7 Å². The molecule has 1 saturated heterocycles. The normalized spacial score (nSPS) is 18.5. The molecule has 0 aliphatic carbocycles. The molecule has 5 rings (SSSR count). The molecule has 37 heavy (non-hydrogen) atoms. The predicted molar refractivity (Wildman–Crippen MR) is 129 cm³/mol. The third-order valence-electron chi connectivity index (χ3n) is 7.36. The first-order chi connectivity index (χ1) is 17.7. The summed E-state index contributed by atoms with van der Waals surface area (Å²) in [4.78, 5) is 38.8. The van der Waals surface area contributed by atoms with Gasteiger partial charge in [-0.3, -0.25) is 14.5 Å². The van der Waals surface area contributed by atoms with Gasteiger partial charge >= 0.3 is 6.43 Å². The lowest BCUT2D eigenvalue weighted by Gasteiger charge is -2.38. The zero-order valence-corrected chi connectivity index (χ0v) is 20.9. The van der Waals surface area contributed by atoms with E-state index in [2.05, 4.69) is 32.0 Å². The number of amides is 2. The second-order valence-electron chi connectivity index (χ2n) is 9.97. The zero-order chi connectivity index (χ0) is 26.3. The van der Waals surface area contributed by atoms with E-state index in [4.69, 9.17) is 4.42 Å². The summed E-state index contributed by atoms with van der Waals surface area (Å²) >= 11 is 0. The van der Waals surface area contributed by atoms with Crippen LogP contribution in [0.25, 0.3) is 11.5 Å². The molecule has 0 bridgehead atoms. The fraction of sp³-hybridized carbons (Fsp3) is 0.462. The third-order valence-corrected chi connectivity index (χ3v) is 7.36. The van der Waals surface area contributed by atoms with Crippen molar-refractivity contribution < 1.29 is 22.8 Å². The summed E-state index contributed by atoms with van der Waals surface area (Å²) in [6, 6.07) is 5.88. The first-order valence-electron chi connectivity index (χ1n) is 12.3. The molecule has 2 aliphatic heterocycles. The fourth-order valence-corrected chi connectivity index (χ4v) is 5.06. The summed E-state index contributed by atoms with van der Waals surface area (Å²) in [5.41, 5.74) is 1.77. The number of carbonyl (C=O) groups excluding carboxylic acids is 2. The number of alkyl halides is 2. The molecule has 0 radical (unpaired) electrons. The van der Waals surface area contributed by atoms with Gasteiger partial charge in [-0.05, 0) is 69.4 Å². The molecular weight excluding hydrogens is 482 g/mol. The number of aromatic nitrogens is 4. The highest BCUT2D eigenvalue weighted by Gasteiger charge is 2.45. The van der Waals surface area contributed by atoms with Crippen molar-refractivity contribution in [1.82, 2.24) is 30.0 Å². The number of piperidine rings is 1. The Hall–Kier alpha value is -3.60. The zero-order valence-electron chi connectivity index (χ0n) is 20.9. The van der Waals surface area contributed by atoms with Gasteiger partial charge in [0.15, 0.2) is 0 Å². The summed E-state index contributed by atoms with van der Waals surface area (Å²) < 4.78 is 30.3. The van der Waals surface area contributed by atoms with Crippen LogP contribution in [0.4, 0.5) is 8.78 Å². The summed E-state index contributed by atoms with van der Waals surface area (Å²) in [6.45, 7) is 8.85. The van der Waals surface area contributed by atoms with Crippen molar-refractivity contribution in [3.63, 3.8) is 0 Å². The lowest BCUT2D eigenvalue weighted by atomic mass is 9.75. The Bertz CT molecular complexity index is 1320. The number of halogens is 2. The van der Waals surface area contributed by atoms with E-state index in [9.17, 15) is 18.4 Å². The fourth-order valence-electron chi connectivity index (χ4n) is 5.06. The van der Waals surface area contributed by atoms with Crippen molar-refractivity contribution in [2.75, 3.05) is 19.6 Å². The molecule has 1 fully saturated rings. The second kappa shape index (κ2) is 9.70. The number of hydrogen-bond acceptors (Lipinski definition) is 8. The summed E-state index contributed by atoms with van der Waals surface area (Å²) in [5, 5.41) is 6.86. The number of imide groups is 1. The van der Waals surface area contributed by atoms with E-state index in [0.29, 0.717) is 11.5 Å². The monoisotopic (exact) mass is 510 g/mol. The summed E-state index contributed by atoms with van der Waals surface area (Å²) in [5.74, 6) is -1.02. The number of benzene rings is 1. The van der Waals surface area contributed by atoms with E-state index in [1.165, 1.54) is 22.9 Å². The number of hydrogen-bond donors (Lipinski definition) is 0. The van der Waals surface area contributed by atoms with Crippen molar-refractivity contribution in [3.8, 4) is 11.5 Å². The van der Waals surface area contributed by atoms with Gasteiger partial charge in [-0.2, -0.15) is 8.78 Å². The molecule has 11 heteroatoms. The van der Waals surface area contributed by atoms with Crippen molar-refractivity contribution in [2.45, 2.75) is 57.9 Å². The van der Waals surface area contributed by atoms with Crippen molar-refractivity contribution in [1.29, 1.82) is 0 Å². The van der Waals surface area contributed by atoms with Gasteiger partial charge in [0.05, 0.1) is 17.5 Å². The number of rotatable bonds is 6. The van der Waals surface area contributed by atoms with Gasteiger partial charge in [0.1, 0.15) is 5.82 Å². The van der Waals surface area contributed by atoms with Gasteiger partial charge in [-0.25, -0.2) is 9.97 Å². The smallest absolute Gasteiger partial charge is 0.314 e. The Morgan fingerprint density at radius 2 is 1.81 bits per heavy atom. The molecule has 2 aliphatic rings. The Kier molecular flexibility index (Phi) is 6.57. The average Bonchev–Trinajstić information content (AvgIpc) is 3.41. The molecular formula is C26H28F2N6O3. The van der Waals surface area contributed by atoms with Crippen molar-refractivity contribution in [2.24, 2.45) is 0 Å². The number of carbonyl (C=O) groups is 2. The Balaban J connectivity index is 1.36. The van der Waals surface area contributed by atoms with Crippen LogP contribution in [0.2, 0.25) is 0 Å². The molecule has 1 aromatic carbocycles. The van der Waals surface area contributed by atoms with E-state index in [-0.39, 0.29) is 29.7 Å². The van der Waals surface area contributed by atoms with Crippen LogP contribution in [0.3, 0.4) is 0 Å². The van der Waals surface area contributed by atoms with E-state index in [0.717, 1.165) is 38.0 Å². The minimum absolute atomic E-state index is 0.121. The molecule has 0 N–H and O–H groups in total. The van der Waals surface area contributed by atoms with Gasteiger partial charge in [-0.1, -0.05) is 19.1 Å². The maximum atomic E-state index is 13.5. The first-order valence-corrected chi connectivity index (χ1v) is 12.3. The van der Waals surface area contributed by atoms with E-state index < -0.39 is 23.6 Å². The average molecular weight is 511 g/mol. The van der Waals surface area contributed by atoms with Gasteiger partial charge in [0.2, 0.25) is 5.91 Å². The van der Waals surface area contributed by atoms with Crippen molar-refractivity contribution in [3.05, 3.63) is 59.0 Å². The highest BCUT2D eigenvalue weighted by atomic mass is 19.3. The molecule has 0 saturated carbocycles. The molecule has 4 heterocycles. The van der Waals surface area contributed by atoms with Crippen LogP contribution in [-0.4, -0.2) is 61.4 Å². The lowest BCUT2D eigenvalue weighted by molar-refractivity contribution is -0.134. The summed E-state index contributed by atoms with van der Waals surface area (Å²) in [6.07, 6.45) is 1.90. The molecule has 0 unspecified atom stereocenters. The lowest BCUT2D eigenvalue weighted by Crippen LogP contribution is -2.51. The van der Waals surface area contributed by atoms with Crippen molar-refractivity contribution >= 4 is 11.8 Å². The third kappa shape index (κ3) is 4.63. The predicted octanol–water partition coefficient (Wildman–Crippen LogP) is 4.12. The number of likely N-dealkylation sites (tertiary alicyclic amines) is 1. The van der Waals surface area contributed by atoms with E-state index in [1.54, 1.807) is 0 Å². The highest BCUT2D eigenvalue weighted by molar-refractivity contribution is 6.12. The Labute approximate surface area is 212 Å². The molecule has 0 atom stereocenters.